The minimum atomic E-state index is -1.31. The standard InChI is InChI=1S/C12H21NO6/c1-2-3-13-12(17)8(7-5-18-7)11-10(16)9(15)6(14)4-19-11/h6-11,14-16H,2-5H2,1H3,(H,13,17)/t6-,7?,8?,9+,10-,11?/m1/s1. The molecule has 0 aliphatic carbocycles. The van der Waals surface area contributed by atoms with E-state index in [1.165, 1.54) is 0 Å². The average Bonchev–Trinajstić information content (AvgIpc) is 3.21. The number of nitrogens with one attached hydrogen (secondary N) is 1. The predicted octanol–water partition coefficient (Wildman–Crippen LogP) is -1.99. The summed E-state index contributed by atoms with van der Waals surface area (Å²) in [6, 6.07) is 0. The zero-order valence-electron chi connectivity index (χ0n) is 10.9. The van der Waals surface area contributed by atoms with Crippen molar-refractivity contribution in [2.24, 2.45) is 5.92 Å². The molecule has 0 saturated carbocycles. The molecule has 7 nitrogen and oxygen atoms in total. The molecular formula is C12H21NO6. The van der Waals surface area contributed by atoms with Gasteiger partial charge in [-0.3, -0.25) is 4.79 Å². The minimum Gasteiger partial charge on any atom is -0.388 e. The maximum absolute atomic E-state index is 12.1. The van der Waals surface area contributed by atoms with E-state index in [-0.39, 0.29) is 18.6 Å². The number of rotatable bonds is 5. The lowest BCUT2D eigenvalue weighted by Gasteiger charge is -2.38. The van der Waals surface area contributed by atoms with Crippen LogP contribution in [0.15, 0.2) is 0 Å². The van der Waals surface area contributed by atoms with E-state index in [2.05, 4.69) is 5.32 Å². The minimum absolute atomic E-state index is 0.104. The molecule has 2 rings (SSSR count). The van der Waals surface area contributed by atoms with E-state index in [4.69, 9.17) is 9.47 Å². The van der Waals surface area contributed by atoms with Crippen LogP contribution in [0.1, 0.15) is 13.3 Å². The van der Waals surface area contributed by atoms with Crippen LogP contribution in [0.5, 0.6) is 0 Å². The number of epoxide rings is 1. The number of amides is 1. The van der Waals surface area contributed by atoms with Gasteiger partial charge in [-0.15, -0.1) is 0 Å². The smallest absolute Gasteiger partial charge is 0.228 e. The quantitative estimate of drug-likeness (QED) is 0.432. The molecule has 0 aromatic heterocycles. The second-order valence-electron chi connectivity index (χ2n) is 5.04. The number of hydrogen-bond donors (Lipinski definition) is 4. The second kappa shape index (κ2) is 6.15. The van der Waals surface area contributed by atoms with Crippen LogP contribution < -0.4 is 5.32 Å². The van der Waals surface area contributed by atoms with Gasteiger partial charge in [0.1, 0.15) is 24.4 Å². The molecule has 1 amide bonds. The molecule has 110 valence electrons. The monoisotopic (exact) mass is 275 g/mol. The molecule has 4 N–H and O–H groups in total. The molecule has 2 saturated heterocycles. The fraction of sp³-hybridized carbons (Fsp3) is 0.917. The Balaban J connectivity index is 2.04. The highest BCUT2D eigenvalue weighted by Crippen LogP contribution is 2.30. The highest BCUT2D eigenvalue weighted by Gasteiger charge is 2.50. The normalized spacial score (nSPS) is 39.7. The Bertz CT molecular complexity index is 321. The number of hydrogen-bond acceptors (Lipinski definition) is 6. The van der Waals surface area contributed by atoms with Crippen molar-refractivity contribution in [2.75, 3.05) is 19.8 Å². The fourth-order valence-corrected chi connectivity index (χ4v) is 2.30. The summed E-state index contributed by atoms with van der Waals surface area (Å²) in [5.74, 6) is -0.916. The fourth-order valence-electron chi connectivity index (χ4n) is 2.30. The number of aliphatic hydroxyl groups is 3. The van der Waals surface area contributed by atoms with Crippen LogP contribution in [0.2, 0.25) is 0 Å². The zero-order valence-corrected chi connectivity index (χ0v) is 10.9. The van der Waals surface area contributed by atoms with E-state index in [0.29, 0.717) is 13.2 Å². The molecule has 0 aromatic carbocycles. The third-order valence-corrected chi connectivity index (χ3v) is 3.51. The summed E-state index contributed by atoms with van der Waals surface area (Å²) in [6.45, 7) is 2.81. The van der Waals surface area contributed by atoms with Crippen molar-refractivity contribution >= 4 is 5.91 Å². The van der Waals surface area contributed by atoms with E-state index < -0.39 is 30.3 Å². The van der Waals surface area contributed by atoms with Crippen molar-refractivity contribution in [3.05, 3.63) is 0 Å². The molecule has 2 aliphatic rings. The topological polar surface area (TPSA) is 112 Å². The average molecular weight is 275 g/mol. The van der Waals surface area contributed by atoms with Gasteiger partial charge in [0, 0.05) is 6.54 Å². The lowest BCUT2D eigenvalue weighted by Crippen LogP contribution is -2.58. The van der Waals surface area contributed by atoms with Crippen LogP contribution in [-0.4, -0.2) is 71.5 Å². The van der Waals surface area contributed by atoms with Gasteiger partial charge in [0.15, 0.2) is 0 Å². The lowest BCUT2D eigenvalue weighted by atomic mass is 9.87. The van der Waals surface area contributed by atoms with Crippen molar-refractivity contribution in [3.8, 4) is 0 Å². The van der Waals surface area contributed by atoms with Crippen LogP contribution in [-0.2, 0) is 14.3 Å². The summed E-state index contributed by atoms with van der Waals surface area (Å²) in [5, 5.41) is 31.8. The Kier molecular flexibility index (Phi) is 4.75. The summed E-state index contributed by atoms with van der Waals surface area (Å²) in [6.07, 6.45) is -4.09. The zero-order chi connectivity index (χ0) is 14.0. The molecule has 2 aliphatic heterocycles. The Morgan fingerprint density at radius 1 is 1.26 bits per heavy atom. The Hall–Kier alpha value is -0.730. The van der Waals surface area contributed by atoms with Gasteiger partial charge < -0.3 is 30.1 Å². The van der Waals surface area contributed by atoms with Crippen LogP contribution in [0.3, 0.4) is 0 Å². The summed E-state index contributed by atoms with van der Waals surface area (Å²) >= 11 is 0. The van der Waals surface area contributed by atoms with Gasteiger partial charge in [0.05, 0.1) is 25.2 Å². The van der Waals surface area contributed by atoms with Crippen LogP contribution in [0.25, 0.3) is 0 Å². The maximum Gasteiger partial charge on any atom is 0.228 e. The molecule has 0 bridgehead atoms. The summed E-state index contributed by atoms with van der Waals surface area (Å²) < 4.78 is 10.5. The summed E-state index contributed by atoms with van der Waals surface area (Å²) in [4.78, 5) is 12.1. The van der Waals surface area contributed by atoms with Gasteiger partial charge in [-0.1, -0.05) is 6.92 Å². The van der Waals surface area contributed by atoms with Gasteiger partial charge in [0.2, 0.25) is 5.91 Å². The van der Waals surface area contributed by atoms with E-state index in [1.54, 1.807) is 0 Å². The van der Waals surface area contributed by atoms with Crippen LogP contribution in [0, 0.1) is 5.92 Å². The van der Waals surface area contributed by atoms with Gasteiger partial charge in [-0.2, -0.15) is 0 Å². The van der Waals surface area contributed by atoms with E-state index in [9.17, 15) is 20.1 Å². The van der Waals surface area contributed by atoms with Crippen molar-refractivity contribution in [2.45, 2.75) is 43.9 Å². The van der Waals surface area contributed by atoms with Crippen LogP contribution in [0.4, 0.5) is 0 Å². The second-order valence-corrected chi connectivity index (χ2v) is 5.04. The van der Waals surface area contributed by atoms with E-state index in [1.807, 2.05) is 6.92 Å². The van der Waals surface area contributed by atoms with Gasteiger partial charge in [0.25, 0.3) is 0 Å². The van der Waals surface area contributed by atoms with Gasteiger partial charge >= 0.3 is 0 Å². The molecule has 0 spiro atoms. The van der Waals surface area contributed by atoms with Crippen molar-refractivity contribution in [1.82, 2.24) is 5.32 Å². The first-order valence-electron chi connectivity index (χ1n) is 6.61. The third-order valence-electron chi connectivity index (χ3n) is 3.51. The number of carbonyl (C=O) groups is 1. The predicted molar refractivity (Wildman–Crippen MR) is 64.3 cm³/mol. The number of ether oxygens (including phenoxy) is 2. The molecule has 7 heteroatoms. The summed E-state index contributed by atoms with van der Waals surface area (Å²) in [7, 11) is 0. The lowest BCUT2D eigenvalue weighted by molar-refractivity contribution is -0.203. The molecule has 0 aromatic rings. The third kappa shape index (κ3) is 3.24. The first kappa shape index (κ1) is 14.7. The molecular weight excluding hydrogens is 254 g/mol. The first-order valence-corrected chi connectivity index (χ1v) is 6.61. The molecule has 2 heterocycles. The van der Waals surface area contributed by atoms with Crippen LogP contribution >= 0.6 is 0 Å². The molecule has 19 heavy (non-hydrogen) atoms. The maximum atomic E-state index is 12.1. The van der Waals surface area contributed by atoms with Gasteiger partial charge in [-0.05, 0) is 6.42 Å². The Morgan fingerprint density at radius 3 is 2.53 bits per heavy atom. The Morgan fingerprint density at radius 2 is 1.95 bits per heavy atom. The highest BCUT2D eigenvalue weighted by molar-refractivity contribution is 5.80. The van der Waals surface area contributed by atoms with E-state index >= 15 is 0 Å². The SMILES string of the molecule is CCCNC(=O)C(C1CO1)C1OC[C@@H](O)[C@H](O)[C@H]1O. The first-order chi connectivity index (χ1) is 9.06. The molecule has 6 atom stereocenters. The number of aliphatic hydroxyl groups excluding tert-OH is 3. The van der Waals surface area contributed by atoms with Crippen molar-refractivity contribution in [3.63, 3.8) is 0 Å². The van der Waals surface area contributed by atoms with Crippen molar-refractivity contribution < 1.29 is 29.6 Å². The Labute approximate surface area is 111 Å². The largest absolute Gasteiger partial charge is 0.388 e. The molecule has 2 fully saturated rings. The van der Waals surface area contributed by atoms with E-state index in [0.717, 1.165) is 6.42 Å². The highest BCUT2D eigenvalue weighted by atomic mass is 16.6. The summed E-state index contributed by atoms with van der Waals surface area (Å²) in [5.41, 5.74) is 0. The molecule has 3 unspecified atom stereocenters. The number of carbonyl (C=O) groups excluding carboxylic acids is 1. The molecule has 0 radical (unpaired) electrons. The van der Waals surface area contributed by atoms with Crippen molar-refractivity contribution in [1.29, 1.82) is 0 Å². The van der Waals surface area contributed by atoms with Gasteiger partial charge in [-0.25, -0.2) is 0 Å².